The number of nitrogens with zero attached hydrogens (tertiary/aromatic N) is 7. The summed E-state index contributed by atoms with van der Waals surface area (Å²) in [5.41, 5.74) is 1.53. The van der Waals surface area contributed by atoms with Gasteiger partial charge in [0, 0.05) is 37.7 Å². The van der Waals surface area contributed by atoms with E-state index < -0.39 is 30.9 Å². The third-order valence-corrected chi connectivity index (χ3v) is 5.42. The average Bonchev–Trinajstić information content (AvgIpc) is 3.35. The summed E-state index contributed by atoms with van der Waals surface area (Å²) in [4.78, 5) is 13.8. The predicted octanol–water partition coefficient (Wildman–Crippen LogP) is 3.79. The molecule has 178 valence electrons. The fourth-order valence-corrected chi connectivity index (χ4v) is 3.92. The number of hydrogen-bond acceptors (Lipinski definition) is 6. The molecule has 1 aliphatic heterocycles. The van der Waals surface area contributed by atoms with Gasteiger partial charge in [-0.1, -0.05) is 6.07 Å². The fraction of sp³-hybridized carbons (Fsp3) is 0.333. The van der Waals surface area contributed by atoms with E-state index in [0.717, 1.165) is 11.6 Å². The smallest absolute Gasteiger partial charge is 0.352 e. The van der Waals surface area contributed by atoms with Crippen molar-refractivity contribution < 1.29 is 22.0 Å². The predicted molar refractivity (Wildman–Crippen MR) is 114 cm³/mol. The minimum Gasteiger partial charge on any atom is -0.352 e. The van der Waals surface area contributed by atoms with Crippen molar-refractivity contribution in [2.45, 2.75) is 31.7 Å². The van der Waals surface area contributed by atoms with Crippen molar-refractivity contribution in [1.82, 2.24) is 29.3 Å². The Balaban J connectivity index is 1.28. The molecule has 0 saturated heterocycles. The summed E-state index contributed by atoms with van der Waals surface area (Å²) in [5.74, 6) is -2.19. The first-order chi connectivity index (χ1) is 16.1. The molecule has 8 nitrogen and oxygen atoms in total. The molecule has 34 heavy (non-hydrogen) atoms. The molecule has 0 spiro atoms. The van der Waals surface area contributed by atoms with Gasteiger partial charge in [0.25, 0.3) is 5.92 Å². The standard InChI is InChI=1S/C21H19F5N8/c1-32-11-20(22,23)12-33-5-4-15-17(33)18(32)31-19(30-15)28-7-14-8-29-34(10-14)9-13-2-3-16(27-6-13)21(24,25)26/h2-6,8,10H,7,9,11-12H2,1H3,(H,28,30,31). The van der Waals surface area contributed by atoms with Gasteiger partial charge in [-0.2, -0.15) is 23.3 Å². The molecule has 5 heterocycles. The molecule has 4 aromatic heterocycles. The number of hydrogen-bond donors (Lipinski definition) is 1. The highest BCUT2D eigenvalue weighted by Gasteiger charge is 2.36. The lowest BCUT2D eigenvalue weighted by atomic mass is 10.2. The topological polar surface area (TPSA) is 76.7 Å². The van der Waals surface area contributed by atoms with E-state index in [9.17, 15) is 22.0 Å². The summed E-state index contributed by atoms with van der Waals surface area (Å²) in [6, 6.07) is 3.97. The van der Waals surface area contributed by atoms with Gasteiger partial charge in [-0.15, -0.1) is 0 Å². The number of nitrogens with one attached hydrogen (secondary N) is 1. The van der Waals surface area contributed by atoms with Crippen LogP contribution in [0.2, 0.25) is 0 Å². The Morgan fingerprint density at radius 2 is 1.88 bits per heavy atom. The molecular formula is C21H19F5N8. The van der Waals surface area contributed by atoms with E-state index in [4.69, 9.17) is 0 Å². The molecule has 5 rings (SSSR count). The number of rotatable bonds is 5. The molecule has 13 heteroatoms. The summed E-state index contributed by atoms with van der Waals surface area (Å²) in [5, 5.41) is 7.31. The van der Waals surface area contributed by atoms with Crippen LogP contribution in [0.4, 0.5) is 33.7 Å². The van der Waals surface area contributed by atoms with Crippen LogP contribution in [0.15, 0.2) is 43.0 Å². The van der Waals surface area contributed by atoms with E-state index in [-0.39, 0.29) is 12.5 Å². The van der Waals surface area contributed by atoms with Crippen molar-refractivity contribution in [3.63, 3.8) is 0 Å². The van der Waals surface area contributed by atoms with Crippen molar-refractivity contribution in [1.29, 1.82) is 0 Å². The van der Waals surface area contributed by atoms with E-state index in [0.29, 0.717) is 29.0 Å². The zero-order chi connectivity index (χ0) is 24.1. The Morgan fingerprint density at radius 3 is 2.62 bits per heavy atom. The molecule has 0 fully saturated rings. The summed E-state index contributed by atoms with van der Waals surface area (Å²) < 4.78 is 69.4. The molecule has 0 radical (unpaired) electrons. The van der Waals surface area contributed by atoms with Crippen LogP contribution < -0.4 is 10.2 Å². The van der Waals surface area contributed by atoms with E-state index in [2.05, 4.69) is 25.4 Å². The summed E-state index contributed by atoms with van der Waals surface area (Å²) in [6.45, 7) is -0.315. The molecule has 0 unspecified atom stereocenters. The molecule has 4 aromatic rings. The van der Waals surface area contributed by atoms with E-state index in [1.165, 1.54) is 21.7 Å². The third kappa shape index (κ3) is 4.37. The van der Waals surface area contributed by atoms with Crippen molar-refractivity contribution in [3.05, 3.63) is 59.8 Å². The highest BCUT2D eigenvalue weighted by molar-refractivity contribution is 5.88. The van der Waals surface area contributed by atoms with Gasteiger partial charge in [0.15, 0.2) is 5.82 Å². The molecule has 0 amide bonds. The van der Waals surface area contributed by atoms with Gasteiger partial charge in [-0.25, -0.2) is 13.8 Å². The van der Waals surface area contributed by atoms with Crippen molar-refractivity contribution in [2.75, 3.05) is 23.8 Å². The number of halogens is 5. The average molecular weight is 478 g/mol. The Hall–Kier alpha value is -3.77. The van der Waals surface area contributed by atoms with Gasteiger partial charge >= 0.3 is 6.18 Å². The first kappa shape index (κ1) is 22.0. The van der Waals surface area contributed by atoms with Crippen molar-refractivity contribution in [3.8, 4) is 0 Å². The van der Waals surface area contributed by atoms with Gasteiger partial charge in [0.05, 0.1) is 31.3 Å². The van der Waals surface area contributed by atoms with Gasteiger partial charge in [0.1, 0.15) is 11.2 Å². The minimum absolute atomic E-state index is 0.254. The zero-order valence-electron chi connectivity index (χ0n) is 17.9. The van der Waals surface area contributed by atoms with E-state index in [1.54, 1.807) is 36.4 Å². The quantitative estimate of drug-likeness (QED) is 0.440. The van der Waals surface area contributed by atoms with Crippen LogP contribution >= 0.6 is 0 Å². The van der Waals surface area contributed by atoms with Crippen LogP contribution in [0.1, 0.15) is 16.8 Å². The molecule has 0 bridgehead atoms. The number of aromatic nitrogens is 6. The second-order valence-corrected chi connectivity index (χ2v) is 8.21. The second kappa shape index (κ2) is 7.92. The Bertz CT molecular complexity index is 1330. The molecule has 1 N–H and O–H groups in total. The van der Waals surface area contributed by atoms with Crippen LogP contribution in [0, 0.1) is 0 Å². The highest BCUT2D eigenvalue weighted by atomic mass is 19.4. The van der Waals surface area contributed by atoms with Crippen LogP contribution in [0.5, 0.6) is 0 Å². The fourth-order valence-electron chi connectivity index (χ4n) is 3.92. The number of anilines is 2. The summed E-state index contributed by atoms with van der Waals surface area (Å²) in [6.07, 6.45) is 1.62. The summed E-state index contributed by atoms with van der Waals surface area (Å²) in [7, 11) is 1.57. The first-order valence-electron chi connectivity index (χ1n) is 10.3. The maximum absolute atomic E-state index is 14.2. The SMILES string of the molecule is CN1CC(F)(F)Cn2ccc3nc(NCc4cnn(Cc5ccc(C(F)(F)F)nc5)c4)nc1c32. The van der Waals surface area contributed by atoms with Gasteiger partial charge in [-0.05, 0) is 17.7 Å². The molecule has 0 saturated carbocycles. The maximum Gasteiger partial charge on any atom is 0.433 e. The van der Waals surface area contributed by atoms with Crippen LogP contribution in [0.3, 0.4) is 0 Å². The summed E-state index contributed by atoms with van der Waals surface area (Å²) >= 11 is 0. The van der Waals surface area contributed by atoms with Crippen molar-refractivity contribution >= 4 is 22.8 Å². The normalized spacial score (nSPS) is 15.5. The molecule has 0 aliphatic carbocycles. The van der Waals surface area contributed by atoms with Gasteiger partial charge in [0.2, 0.25) is 5.95 Å². The zero-order valence-corrected chi connectivity index (χ0v) is 17.9. The maximum atomic E-state index is 14.2. The highest BCUT2D eigenvalue weighted by Crippen LogP contribution is 2.33. The lowest BCUT2D eigenvalue weighted by Gasteiger charge is -2.21. The molecular weight excluding hydrogens is 459 g/mol. The largest absolute Gasteiger partial charge is 0.433 e. The van der Waals surface area contributed by atoms with E-state index >= 15 is 0 Å². The van der Waals surface area contributed by atoms with Crippen LogP contribution in [-0.2, 0) is 25.8 Å². The van der Waals surface area contributed by atoms with Gasteiger partial charge < -0.3 is 14.8 Å². The van der Waals surface area contributed by atoms with Crippen molar-refractivity contribution in [2.24, 2.45) is 0 Å². The minimum atomic E-state index is -4.48. The lowest BCUT2D eigenvalue weighted by Crippen LogP contribution is -2.35. The molecule has 0 aromatic carbocycles. The Morgan fingerprint density at radius 1 is 1.06 bits per heavy atom. The molecule has 1 aliphatic rings. The second-order valence-electron chi connectivity index (χ2n) is 8.21. The number of pyridine rings is 1. The van der Waals surface area contributed by atoms with Crippen LogP contribution in [-0.4, -0.2) is 48.8 Å². The third-order valence-electron chi connectivity index (χ3n) is 5.42. The molecule has 0 atom stereocenters. The first-order valence-corrected chi connectivity index (χ1v) is 10.3. The number of alkyl halides is 5. The van der Waals surface area contributed by atoms with Crippen LogP contribution in [0.25, 0.3) is 11.0 Å². The van der Waals surface area contributed by atoms with E-state index in [1.807, 2.05) is 0 Å². The lowest BCUT2D eigenvalue weighted by molar-refractivity contribution is -0.141. The Kier molecular flexibility index (Phi) is 5.14. The monoisotopic (exact) mass is 478 g/mol. The Labute approximate surface area is 190 Å². The van der Waals surface area contributed by atoms with Gasteiger partial charge in [-0.3, -0.25) is 9.67 Å².